The molecule has 14 heteroatoms. The Labute approximate surface area is 304 Å². The molecule has 7 unspecified atom stereocenters. The first kappa shape index (κ1) is 45.9. The van der Waals surface area contributed by atoms with Crippen molar-refractivity contribution in [3.05, 3.63) is 0 Å². The second-order valence-electron chi connectivity index (χ2n) is 15.9. The molecule has 0 bridgehead atoms. The number of hydrogen-bond acceptors (Lipinski definition) is 14. The van der Waals surface area contributed by atoms with Gasteiger partial charge < -0.3 is 59.3 Å². The van der Waals surface area contributed by atoms with Crippen molar-refractivity contribution in [3.63, 3.8) is 0 Å². The van der Waals surface area contributed by atoms with Gasteiger partial charge in [0.2, 0.25) is 0 Å². The van der Waals surface area contributed by atoms with Crippen molar-refractivity contribution in [2.75, 3.05) is 21.3 Å². The zero-order valence-electron chi connectivity index (χ0n) is 33.1. The zero-order chi connectivity index (χ0) is 39.2. The molecule has 51 heavy (non-hydrogen) atoms. The molecule has 0 spiro atoms. The summed E-state index contributed by atoms with van der Waals surface area (Å²) in [7, 11) is 4.88. The second-order valence-corrected chi connectivity index (χ2v) is 15.9. The Kier molecular flexibility index (Phi) is 16.9. The van der Waals surface area contributed by atoms with Gasteiger partial charge in [0.1, 0.15) is 29.7 Å². The number of methoxy groups -OCH3 is 2. The van der Waals surface area contributed by atoms with E-state index in [-0.39, 0.29) is 36.7 Å². The summed E-state index contributed by atoms with van der Waals surface area (Å²) in [5, 5.41) is 54.5. The Bertz CT molecular complexity index is 1110. The molecule has 0 aromatic rings. The number of carbonyl (C=O) groups is 2. The van der Waals surface area contributed by atoms with E-state index in [0.717, 1.165) is 6.42 Å². The van der Waals surface area contributed by atoms with Crippen molar-refractivity contribution in [1.82, 2.24) is 5.32 Å². The van der Waals surface area contributed by atoms with E-state index in [9.17, 15) is 30.0 Å². The molecule has 300 valence electrons. The SMILES string of the molecule is CC[C@H]1OC(=O)C(C)C(O[C@H]2C[C@@](C)(OC)[C@@H](O)C(C)O2)[C@H](C)CC(C)(OC)C[C@@H](C)C(=O)C(C)C(O)[C@]1(C)O.CN[C@H]1C[C@@H](C)O[C@@H](O)C1O. The first-order valence-electron chi connectivity index (χ1n) is 18.4. The lowest BCUT2D eigenvalue weighted by atomic mass is 9.75. The van der Waals surface area contributed by atoms with E-state index in [0.29, 0.717) is 12.8 Å². The molecule has 6 N–H and O–H groups in total. The van der Waals surface area contributed by atoms with Crippen LogP contribution in [0.25, 0.3) is 0 Å². The average Bonchev–Trinajstić information content (AvgIpc) is 3.07. The van der Waals surface area contributed by atoms with Crippen LogP contribution < -0.4 is 5.32 Å². The largest absolute Gasteiger partial charge is 0.459 e. The highest BCUT2D eigenvalue weighted by Crippen LogP contribution is 2.39. The van der Waals surface area contributed by atoms with Crippen LogP contribution in [0.4, 0.5) is 0 Å². The number of carbonyl (C=O) groups excluding carboxylic acids is 2. The van der Waals surface area contributed by atoms with Crippen LogP contribution in [0.5, 0.6) is 0 Å². The summed E-state index contributed by atoms with van der Waals surface area (Å²) in [4.78, 5) is 27.0. The monoisotopic (exact) mass is 735 g/mol. The van der Waals surface area contributed by atoms with Gasteiger partial charge in [0.15, 0.2) is 12.6 Å². The van der Waals surface area contributed by atoms with Crippen molar-refractivity contribution in [2.24, 2.45) is 23.7 Å². The van der Waals surface area contributed by atoms with Gasteiger partial charge in [-0.05, 0) is 80.2 Å². The number of nitrogens with one attached hydrogen (secondary N) is 1. The number of ether oxygens (including phenoxy) is 6. The lowest BCUT2D eigenvalue weighted by Gasteiger charge is -2.46. The third-order valence-electron chi connectivity index (χ3n) is 11.5. The van der Waals surface area contributed by atoms with E-state index in [4.69, 9.17) is 33.5 Å². The first-order chi connectivity index (χ1) is 23.5. The van der Waals surface area contributed by atoms with Gasteiger partial charge >= 0.3 is 5.97 Å². The highest BCUT2D eigenvalue weighted by atomic mass is 16.7. The fraction of sp³-hybridized carbons (Fsp3) is 0.946. The maximum absolute atomic E-state index is 13.6. The molecule has 17 atom stereocenters. The summed E-state index contributed by atoms with van der Waals surface area (Å²) >= 11 is 0. The van der Waals surface area contributed by atoms with Crippen molar-refractivity contribution >= 4 is 11.8 Å². The van der Waals surface area contributed by atoms with Gasteiger partial charge in [-0.3, -0.25) is 9.59 Å². The van der Waals surface area contributed by atoms with E-state index >= 15 is 0 Å². The first-order valence-corrected chi connectivity index (χ1v) is 18.4. The molecular weight excluding hydrogens is 666 g/mol. The van der Waals surface area contributed by atoms with Gasteiger partial charge in [0.25, 0.3) is 0 Å². The van der Waals surface area contributed by atoms with Gasteiger partial charge in [0.05, 0.1) is 41.5 Å². The van der Waals surface area contributed by atoms with Crippen LogP contribution in [0.2, 0.25) is 0 Å². The van der Waals surface area contributed by atoms with Crippen molar-refractivity contribution in [1.29, 1.82) is 0 Å². The molecule has 0 aliphatic carbocycles. The lowest BCUT2D eigenvalue weighted by Crippen LogP contribution is -2.58. The fourth-order valence-electron chi connectivity index (χ4n) is 7.97. The predicted octanol–water partition coefficient (Wildman–Crippen LogP) is 2.08. The minimum Gasteiger partial charge on any atom is -0.459 e. The highest BCUT2D eigenvalue weighted by Gasteiger charge is 2.50. The predicted molar refractivity (Wildman–Crippen MR) is 188 cm³/mol. The Morgan fingerprint density at radius 2 is 1.47 bits per heavy atom. The molecule has 0 saturated carbocycles. The molecule has 3 heterocycles. The van der Waals surface area contributed by atoms with Gasteiger partial charge in [-0.2, -0.15) is 0 Å². The Morgan fingerprint density at radius 1 is 0.863 bits per heavy atom. The summed E-state index contributed by atoms with van der Waals surface area (Å²) in [6, 6.07) is -0.0613. The van der Waals surface area contributed by atoms with Crippen LogP contribution in [0, 0.1) is 23.7 Å². The topological polar surface area (TPSA) is 203 Å². The number of esters is 1. The molecule has 0 aromatic carbocycles. The quantitative estimate of drug-likeness (QED) is 0.217. The maximum Gasteiger partial charge on any atom is 0.311 e. The number of ketones is 1. The normalized spacial score (nSPS) is 47.8. The smallest absolute Gasteiger partial charge is 0.311 e. The number of aliphatic hydroxyl groups excluding tert-OH is 4. The van der Waals surface area contributed by atoms with E-state index in [1.807, 2.05) is 20.8 Å². The number of Topliss-reactive ketones (excluding diaryl/α,β-unsaturated/α-hetero) is 1. The summed E-state index contributed by atoms with van der Waals surface area (Å²) in [5.74, 6) is -3.18. The summed E-state index contributed by atoms with van der Waals surface area (Å²) in [5.41, 5.74) is -3.53. The maximum atomic E-state index is 13.6. The van der Waals surface area contributed by atoms with Crippen molar-refractivity contribution in [2.45, 2.75) is 179 Å². The molecule has 0 radical (unpaired) electrons. The Morgan fingerprint density at radius 3 is 2.00 bits per heavy atom. The molecule has 3 fully saturated rings. The Balaban J connectivity index is 0.000000694. The number of hydrogen-bond donors (Lipinski definition) is 6. The van der Waals surface area contributed by atoms with E-state index in [1.54, 1.807) is 55.7 Å². The second kappa shape index (κ2) is 18.8. The van der Waals surface area contributed by atoms with E-state index < -0.39 is 89.7 Å². The lowest BCUT2D eigenvalue weighted by molar-refractivity contribution is -0.296. The van der Waals surface area contributed by atoms with Crippen LogP contribution in [-0.4, -0.2) is 137 Å². The summed E-state index contributed by atoms with van der Waals surface area (Å²) < 4.78 is 34.9. The molecule has 3 aliphatic rings. The average molecular weight is 736 g/mol. The highest BCUT2D eigenvalue weighted by molar-refractivity contribution is 5.83. The number of aliphatic hydroxyl groups is 5. The van der Waals surface area contributed by atoms with Gasteiger partial charge in [-0.15, -0.1) is 0 Å². The number of rotatable bonds is 6. The molecule has 3 rings (SSSR count). The van der Waals surface area contributed by atoms with E-state index in [2.05, 4.69) is 5.32 Å². The van der Waals surface area contributed by atoms with Crippen LogP contribution >= 0.6 is 0 Å². The third kappa shape index (κ3) is 11.1. The van der Waals surface area contributed by atoms with Crippen LogP contribution in [-0.2, 0) is 38.0 Å². The summed E-state index contributed by atoms with van der Waals surface area (Å²) in [6.45, 7) is 17.5. The minimum atomic E-state index is -1.87. The van der Waals surface area contributed by atoms with Crippen molar-refractivity contribution < 1.29 is 63.5 Å². The molecule has 3 saturated heterocycles. The third-order valence-corrected chi connectivity index (χ3v) is 11.5. The zero-order valence-corrected chi connectivity index (χ0v) is 33.1. The summed E-state index contributed by atoms with van der Waals surface area (Å²) in [6.07, 6.45) is -5.22. The van der Waals surface area contributed by atoms with Gasteiger partial charge in [0, 0.05) is 38.5 Å². The van der Waals surface area contributed by atoms with Crippen LogP contribution in [0.1, 0.15) is 101 Å². The standard InChI is InChI=1S/C30H54O10.C7H15NO3/c1-12-21-30(9,35)25(32)18(4)23(31)16(2)13-28(7,36-10)14-17(3)24(19(5)27(34)39-21)40-22-15-29(8,37-11)26(33)20(6)38-22;1-4-3-5(8-2)6(9)7(10)11-4/h16-22,24-26,32-33,35H,12-15H2,1-11H3;4-10H,3H2,1-2H3/t16-,17-,18?,19?,20?,21-,22+,24?,25?,26+,28?,29-,30-;4-,5+,6?,7-/m11/s1. The molecule has 14 nitrogen and oxygen atoms in total. The number of likely N-dealkylation sites (N-methyl/N-ethyl adjacent to an activating group) is 1. The van der Waals surface area contributed by atoms with E-state index in [1.165, 1.54) is 14.0 Å². The molecular formula is C37H69NO13. The minimum absolute atomic E-state index is 0.00542. The van der Waals surface area contributed by atoms with Crippen LogP contribution in [0.15, 0.2) is 0 Å². The molecule has 0 amide bonds. The number of cyclic esters (lactones) is 1. The Hall–Kier alpha value is -1.30. The molecule has 0 aromatic heterocycles. The van der Waals surface area contributed by atoms with Crippen molar-refractivity contribution in [3.8, 4) is 0 Å². The van der Waals surface area contributed by atoms with Gasteiger partial charge in [-0.1, -0.05) is 27.7 Å². The van der Waals surface area contributed by atoms with Crippen LogP contribution in [0.3, 0.4) is 0 Å². The fourth-order valence-corrected chi connectivity index (χ4v) is 7.97. The van der Waals surface area contributed by atoms with Gasteiger partial charge in [-0.25, -0.2) is 0 Å². The molecule has 3 aliphatic heterocycles.